The zero-order chi connectivity index (χ0) is 7.84. The van der Waals surface area contributed by atoms with Crippen LogP contribution in [0.1, 0.15) is 24.0 Å². The van der Waals surface area contributed by atoms with Crippen LogP contribution >= 0.6 is 0 Å². The number of Topliss-reactive ketones (excluding diaryl/α,β-unsaturated/α-hetero) is 1. The number of carbonyl (C=O) groups excluding carboxylic acids is 1. The Balaban J connectivity index is 2.36. The van der Waals surface area contributed by atoms with Gasteiger partial charge in [0.05, 0.1) is 0 Å². The van der Waals surface area contributed by atoms with Gasteiger partial charge in [-0.25, -0.2) is 0 Å². The molecule has 0 amide bonds. The van der Waals surface area contributed by atoms with E-state index in [-0.39, 0.29) is 5.92 Å². The summed E-state index contributed by atoms with van der Waals surface area (Å²) in [5.74, 6) is 0.495. The quantitative estimate of drug-likeness (QED) is 0.591. The molecule has 0 saturated carbocycles. The van der Waals surface area contributed by atoms with E-state index in [2.05, 4.69) is 6.07 Å². The predicted molar refractivity (Wildman–Crippen MR) is 43.6 cm³/mol. The Morgan fingerprint density at radius 3 is 2.82 bits per heavy atom. The minimum absolute atomic E-state index is 0.200. The van der Waals surface area contributed by atoms with Crippen molar-refractivity contribution in [1.82, 2.24) is 0 Å². The first-order chi connectivity index (χ1) is 5.29. The second-order valence-corrected chi connectivity index (χ2v) is 3.07. The van der Waals surface area contributed by atoms with Gasteiger partial charge in [0.1, 0.15) is 5.78 Å². The SMILES string of the molecule is CC(=O)[C@H]1Cc2ccccc21. The van der Waals surface area contributed by atoms with Gasteiger partial charge in [-0.1, -0.05) is 24.3 Å². The molecule has 0 radical (unpaired) electrons. The van der Waals surface area contributed by atoms with Gasteiger partial charge in [-0.2, -0.15) is 0 Å². The first-order valence-corrected chi connectivity index (χ1v) is 3.87. The largest absolute Gasteiger partial charge is 0.299 e. The van der Waals surface area contributed by atoms with E-state index < -0.39 is 0 Å². The van der Waals surface area contributed by atoms with E-state index in [1.54, 1.807) is 6.92 Å². The smallest absolute Gasteiger partial charge is 0.137 e. The third kappa shape index (κ3) is 0.881. The molecule has 1 aromatic rings. The van der Waals surface area contributed by atoms with Gasteiger partial charge < -0.3 is 0 Å². The fraction of sp³-hybridized carbons (Fsp3) is 0.300. The highest BCUT2D eigenvalue weighted by atomic mass is 16.1. The Morgan fingerprint density at radius 1 is 1.45 bits per heavy atom. The summed E-state index contributed by atoms with van der Waals surface area (Å²) in [5.41, 5.74) is 2.58. The Hall–Kier alpha value is -1.11. The highest BCUT2D eigenvalue weighted by Crippen LogP contribution is 2.34. The maximum atomic E-state index is 11.0. The molecule has 11 heavy (non-hydrogen) atoms. The van der Waals surface area contributed by atoms with Crippen molar-refractivity contribution in [2.45, 2.75) is 19.3 Å². The molecule has 0 spiro atoms. The fourth-order valence-corrected chi connectivity index (χ4v) is 1.62. The van der Waals surface area contributed by atoms with Gasteiger partial charge in [0.25, 0.3) is 0 Å². The molecule has 56 valence electrons. The molecular weight excluding hydrogens is 136 g/mol. The zero-order valence-corrected chi connectivity index (χ0v) is 6.50. The van der Waals surface area contributed by atoms with E-state index in [0.29, 0.717) is 5.78 Å². The number of hydrogen-bond acceptors (Lipinski definition) is 1. The molecule has 0 aromatic heterocycles. The first-order valence-electron chi connectivity index (χ1n) is 3.87. The topological polar surface area (TPSA) is 17.1 Å². The lowest BCUT2D eigenvalue weighted by atomic mass is 9.76. The lowest BCUT2D eigenvalue weighted by Gasteiger charge is -2.27. The summed E-state index contributed by atoms with van der Waals surface area (Å²) >= 11 is 0. The van der Waals surface area contributed by atoms with E-state index >= 15 is 0 Å². The van der Waals surface area contributed by atoms with Crippen LogP contribution < -0.4 is 0 Å². The summed E-state index contributed by atoms with van der Waals surface area (Å²) in [4.78, 5) is 11.0. The van der Waals surface area contributed by atoms with Crippen molar-refractivity contribution in [3.05, 3.63) is 35.4 Å². The number of carbonyl (C=O) groups is 1. The highest BCUT2D eigenvalue weighted by Gasteiger charge is 2.28. The molecule has 1 aliphatic rings. The molecular formula is C10H10O. The average molecular weight is 146 g/mol. The van der Waals surface area contributed by atoms with Crippen molar-refractivity contribution >= 4 is 5.78 Å². The van der Waals surface area contributed by atoms with Gasteiger partial charge in [0.15, 0.2) is 0 Å². The minimum Gasteiger partial charge on any atom is -0.299 e. The monoisotopic (exact) mass is 146 g/mol. The Morgan fingerprint density at radius 2 is 2.18 bits per heavy atom. The second kappa shape index (κ2) is 2.19. The van der Waals surface area contributed by atoms with Crippen molar-refractivity contribution < 1.29 is 4.79 Å². The van der Waals surface area contributed by atoms with Crippen molar-refractivity contribution in [3.63, 3.8) is 0 Å². The standard InChI is InChI=1S/C10H10O/c1-7(11)10-6-8-4-2-3-5-9(8)10/h2-5,10H,6H2,1H3/t10-/m1/s1. The lowest BCUT2D eigenvalue weighted by molar-refractivity contribution is -0.118. The van der Waals surface area contributed by atoms with Crippen LogP contribution in [0.2, 0.25) is 0 Å². The van der Waals surface area contributed by atoms with Crippen LogP contribution in [0.15, 0.2) is 24.3 Å². The molecule has 0 N–H and O–H groups in total. The second-order valence-electron chi connectivity index (χ2n) is 3.07. The van der Waals surface area contributed by atoms with Gasteiger partial charge >= 0.3 is 0 Å². The summed E-state index contributed by atoms with van der Waals surface area (Å²) in [5, 5.41) is 0. The van der Waals surface area contributed by atoms with Crippen LogP contribution in [0.3, 0.4) is 0 Å². The minimum atomic E-state index is 0.200. The number of rotatable bonds is 1. The first kappa shape index (κ1) is 6.59. The van der Waals surface area contributed by atoms with Crippen LogP contribution in [0.4, 0.5) is 0 Å². The fourth-order valence-electron chi connectivity index (χ4n) is 1.62. The maximum absolute atomic E-state index is 11.0. The van der Waals surface area contributed by atoms with E-state index in [0.717, 1.165) is 6.42 Å². The Kier molecular flexibility index (Phi) is 1.31. The molecule has 0 heterocycles. The normalized spacial score (nSPS) is 20.3. The summed E-state index contributed by atoms with van der Waals surface area (Å²) in [6, 6.07) is 8.16. The van der Waals surface area contributed by atoms with Gasteiger partial charge in [-0.05, 0) is 24.5 Å². The molecule has 0 saturated heterocycles. The van der Waals surface area contributed by atoms with Gasteiger partial charge in [-0.15, -0.1) is 0 Å². The zero-order valence-electron chi connectivity index (χ0n) is 6.50. The molecule has 0 bridgehead atoms. The van der Waals surface area contributed by atoms with E-state index in [1.165, 1.54) is 11.1 Å². The third-order valence-corrected chi connectivity index (χ3v) is 2.35. The highest BCUT2D eigenvalue weighted by molar-refractivity contribution is 5.86. The summed E-state index contributed by atoms with van der Waals surface area (Å²) in [6.45, 7) is 1.67. The average Bonchev–Trinajstić information content (AvgIpc) is 1.90. The molecule has 0 fully saturated rings. The van der Waals surface area contributed by atoms with Gasteiger partial charge in [0.2, 0.25) is 0 Å². The molecule has 1 aliphatic carbocycles. The van der Waals surface area contributed by atoms with Crippen LogP contribution in [0.25, 0.3) is 0 Å². The van der Waals surface area contributed by atoms with Crippen LogP contribution in [-0.4, -0.2) is 5.78 Å². The van der Waals surface area contributed by atoms with Crippen molar-refractivity contribution in [2.75, 3.05) is 0 Å². The van der Waals surface area contributed by atoms with Gasteiger partial charge in [0, 0.05) is 5.92 Å². The summed E-state index contributed by atoms with van der Waals surface area (Å²) < 4.78 is 0. The summed E-state index contributed by atoms with van der Waals surface area (Å²) in [6.07, 6.45) is 0.950. The Labute approximate surface area is 66.0 Å². The summed E-state index contributed by atoms with van der Waals surface area (Å²) in [7, 11) is 0. The van der Waals surface area contributed by atoms with Crippen LogP contribution in [0, 0.1) is 0 Å². The molecule has 1 heteroatoms. The number of ketones is 1. The third-order valence-electron chi connectivity index (χ3n) is 2.35. The molecule has 2 rings (SSSR count). The molecule has 1 atom stereocenters. The number of benzene rings is 1. The number of fused-ring (bicyclic) bond motifs is 1. The van der Waals surface area contributed by atoms with Crippen molar-refractivity contribution in [1.29, 1.82) is 0 Å². The Bertz CT molecular complexity index is 301. The molecule has 0 unspecified atom stereocenters. The van der Waals surface area contributed by atoms with Crippen LogP contribution in [-0.2, 0) is 11.2 Å². The molecule has 1 nitrogen and oxygen atoms in total. The van der Waals surface area contributed by atoms with E-state index in [4.69, 9.17) is 0 Å². The number of hydrogen-bond donors (Lipinski definition) is 0. The predicted octanol–water partition coefficient (Wildman–Crippen LogP) is 1.92. The van der Waals surface area contributed by atoms with E-state index in [1.807, 2.05) is 18.2 Å². The molecule has 1 aromatic carbocycles. The molecule has 0 aliphatic heterocycles. The maximum Gasteiger partial charge on any atom is 0.137 e. The van der Waals surface area contributed by atoms with Gasteiger partial charge in [-0.3, -0.25) is 4.79 Å². The van der Waals surface area contributed by atoms with Crippen molar-refractivity contribution in [2.24, 2.45) is 0 Å². The van der Waals surface area contributed by atoms with Crippen molar-refractivity contribution in [3.8, 4) is 0 Å². The van der Waals surface area contributed by atoms with Crippen LogP contribution in [0.5, 0.6) is 0 Å². The lowest BCUT2D eigenvalue weighted by Crippen LogP contribution is -2.22. The van der Waals surface area contributed by atoms with E-state index in [9.17, 15) is 4.79 Å².